The average molecular weight is 419 g/mol. The van der Waals surface area contributed by atoms with Crippen LogP contribution < -0.4 is 4.90 Å². The van der Waals surface area contributed by atoms with Crippen LogP contribution in [0.5, 0.6) is 0 Å². The number of hydrogen-bond acceptors (Lipinski definition) is 6. The van der Waals surface area contributed by atoms with Gasteiger partial charge in [-0.3, -0.25) is 0 Å². The van der Waals surface area contributed by atoms with Gasteiger partial charge in [0.25, 0.3) is 0 Å². The minimum Gasteiger partial charge on any atom is -0.395 e. The van der Waals surface area contributed by atoms with Gasteiger partial charge < -0.3 is 10.0 Å². The zero-order valence-electron chi connectivity index (χ0n) is 17.3. The lowest BCUT2D eigenvalue weighted by atomic mass is 10.0. The molecule has 0 radical (unpaired) electrons. The van der Waals surface area contributed by atoms with E-state index in [0.717, 1.165) is 46.5 Å². The molecular weight excluding hydrogens is 392 g/mol. The maximum Gasteiger partial charge on any atom is 0.150 e. The summed E-state index contributed by atoms with van der Waals surface area (Å²) < 4.78 is 1.08. The molecule has 4 aromatic rings. The number of nitrogens with zero attached hydrogens (tertiary/aromatic N) is 4. The van der Waals surface area contributed by atoms with E-state index in [1.807, 2.05) is 18.2 Å². The molecule has 154 valence electrons. The Labute approximate surface area is 180 Å². The van der Waals surface area contributed by atoms with Crippen LogP contribution in [0, 0.1) is 0 Å². The van der Waals surface area contributed by atoms with Gasteiger partial charge in [0.05, 0.1) is 16.8 Å². The Kier molecular flexibility index (Phi) is 5.35. The SMILES string of the molecule is CCCc1nc2sc3c(N(CCO)Cc4ccccc4)ncnc3c2c2c1CCC2. The van der Waals surface area contributed by atoms with E-state index < -0.39 is 0 Å². The first kappa shape index (κ1) is 19.4. The van der Waals surface area contributed by atoms with Crippen LogP contribution in [0.1, 0.15) is 42.1 Å². The van der Waals surface area contributed by atoms with Gasteiger partial charge in [-0.25, -0.2) is 15.0 Å². The Bertz CT molecular complexity index is 1190. The summed E-state index contributed by atoms with van der Waals surface area (Å²) in [6.45, 7) is 3.53. The zero-order chi connectivity index (χ0) is 20.5. The second kappa shape index (κ2) is 8.28. The molecule has 0 aliphatic heterocycles. The van der Waals surface area contributed by atoms with Crippen molar-refractivity contribution in [2.45, 2.75) is 45.6 Å². The van der Waals surface area contributed by atoms with Gasteiger partial charge in [-0.2, -0.15) is 0 Å². The molecule has 30 heavy (non-hydrogen) atoms. The molecule has 6 heteroatoms. The largest absolute Gasteiger partial charge is 0.395 e. The minimum absolute atomic E-state index is 0.0809. The minimum atomic E-state index is 0.0809. The molecule has 3 aromatic heterocycles. The number of aryl methyl sites for hydroxylation is 2. The van der Waals surface area contributed by atoms with E-state index in [1.165, 1.54) is 34.2 Å². The molecule has 0 amide bonds. The van der Waals surface area contributed by atoms with Crippen molar-refractivity contribution in [1.29, 1.82) is 0 Å². The number of aromatic nitrogens is 3. The zero-order valence-corrected chi connectivity index (χ0v) is 18.1. The van der Waals surface area contributed by atoms with Crippen LogP contribution in [0.3, 0.4) is 0 Å². The van der Waals surface area contributed by atoms with Crippen molar-refractivity contribution in [2.75, 3.05) is 18.1 Å². The maximum absolute atomic E-state index is 9.72. The van der Waals surface area contributed by atoms with Crippen LogP contribution in [0.4, 0.5) is 5.82 Å². The van der Waals surface area contributed by atoms with Gasteiger partial charge >= 0.3 is 0 Å². The summed E-state index contributed by atoms with van der Waals surface area (Å²) in [4.78, 5) is 17.7. The summed E-state index contributed by atoms with van der Waals surface area (Å²) in [5.41, 5.74) is 6.40. The van der Waals surface area contributed by atoms with Crippen molar-refractivity contribution >= 4 is 37.6 Å². The van der Waals surface area contributed by atoms with Gasteiger partial charge in [-0.1, -0.05) is 43.7 Å². The monoisotopic (exact) mass is 418 g/mol. The molecule has 1 aliphatic rings. The second-order valence-electron chi connectivity index (χ2n) is 7.91. The number of thiophene rings is 1. The van der Waals surface area contributed by atoms with Gasteiger partial charge in [-0.15, -0.1) is 11.3 Å². The van der Waals surface area contributed by atoms with Crippen LogP contribution in [0.2, 0.25) is 0 Å². The van der Waals surface area contributed by atoms with Gasteiger partial charge in [-0.05, 0) is 42.4 Å². The molecule has 3 heterocycles. The van der Waals surface area contributed by atoms with E-state index >= 15 is 0 Å². The van der Waals surface area contributed by atoms with Crippen molar-refractivity contribution in [3.05, 3.63) is 59.0 Å². The van der Waals surface area contributed by atoms with Crippen molar-refractivity contribution in [3.8, 4) is 0 Å². The number of hydrogen-bond donors (Lipinski definition) is 1. The molecule has 0 unspecified atom stereocenters. The Morgan fingerprint density at radius 2 is 1.93 bits per heavy atom. The quantitative estimate of drug-likeness (QED) is 0.472. The molecule has 0 atom stereocenters. The van der Waals surface area contributed by atoms with Crippen molar-refractivity contribution in [3.63, 3.8) is 0 Å². The third-order valence-corrected chi connectivity index (χ3v) is 6.98. The Hall–Kier alpha value is -2.57. The topological polar surface area (TPSA) is 62.1 Å². The number of rotatable bonds is 7. The number of pyridine rings is 1. The first-order chi connectivity index (χ1) is 14.8. The van der Waals surface area contributed by atoms with Crippen LogP contribution in [0.15, 0.2) is 36.7 Å². The lowest BCUT2D eigenvalue weighted by molar-refractivity contribution is 0.301. The second-order valence-corrected chi connectivity index (χ2v) is 8.91. The van der Waals surface area contributed by atoms with Crippen molar-refractivity contribution < 1.29 is 5.11 Å². The highest BCUT2D eigenvalue weighted by atomic mass is 32.1. The highest BCUT2D eigenvalue weighted by Gasteiger charge is 2.25. The van der Waals surface area contributed by atoms with Crippen LogP contribution >= 0.6 is 11.3 Å². The fourth-order valence-corrected chi connectivity index (χ4v) is 5.81. The van der Waals surface area contributed by atoms with Gasteiger partial charge in [0.2, 0.25) is 0 Å². The summed E-state index contributed by atoms with van der Waals surface area (Å²) in [5, 5.41) is 10.9. The fourth-order valence-electron chi connectivity index (χ4n) is 4.62. The normalized spacial score (nSPS) is 13.3. The van der Waals surface area contributed by atoms with Crippen LogP contribution in [-0.4, -0.2) is 33.2 Å². The third kappa shape index (κ3) is 3.34. The molecule has 0 saturated carbocycles. The fraction of sp³-hybridized carbons (Fsp3) is 0.375. The first-order valence-electron chi connectivity index (χ1n) is 10.8. The van der Waals surface area contributed by atoms with Gasteiger partial charge in [0, 0.05) is 24.2 Å². The highest BCUT2D eigenvalue weighted by molar-refractivity contribution is 7.26. The summed E-state index contributed by atoms with van der Waals surface area (Å²) in [7, 11) is 0. The van der Waals surface area contributed by atoms with E-state index in [-0.39, 0.29) is 6.61 Å². The number of aliphatic hydroxyl groups is 1. The standard InChI is InChI=1S/C24H26N4OS/c1-2-7-19-17-10-6-11-18(17)20-21-22(30-24(20)27-19)23(26-15-25-21)28(12-13-29)14-16-8-4-3-5-9-16/h3-5,8-9,15,29H,2,6-7,10-14H2,1H3. The molecule has 0 bridgehead atoms. The Balaban J connectivity index is 1.67. The third-order valence-electron chi connectivity index (χ3n) is 5.91. The number of fused-ring (bicyclic) bond motifs is 5. The highest BCUT2D eigenvalue weighted by Crippen LogP contribution is 2.42. The van der Waals surface area contributed by atoms with E-state index in [9.17, 15) is 5.11 Å². The van der Waals surface area contributed by atoms with Crippen molar-refractivity contribution in [2.24, 2.45) is 0 Å². The van der Waals surface area contributed by atoms with E-state index in [0.29, 0.717) is 13.1 Å². The van der Waals surface area contributed by atoms with Gasteiger partial charge in [0.1, 0.15) is 11.2 Å². The molecule has 5 rings (SSSR count). The predicted molar refractivity (Wildman–Crippen MR) is 123 cm³/mol. The molecule has 1 N–H and O–H groups in total. The first-order valence-corrected chi connectivity index (χ1v) is 11.6. The average Bonchev–Trinajstić information content (AvgIpc) is 3.38. The smallest absolute Gasteiger partial charge is 0.150 e. The Morgan fingerprint density at radius 1 is 1.10 bits per heavy atom. The Morgan fingerprint density at radius 3 is 2.73 bits per heavy atom. The number of benzene rings is 1. The van der Waals surface area contributed by atoms with Gasteiger partial charge in [0.15, 0.2) is 5.82 Å². The summed E-state index contributed by atoms with van der Waals surface area (Å²) in [5.74, 6) is 0.893. The lowest BCUT2D eigenvalue weighted by Gasteiger charge is -2.23. The van der Waals surface area contributed by atoms with E-state index in [1.54, 1.807) is 17.7 Å². The molecule has 1 aliphatic carbocycles. The molecule has 1 aromatic carbocycles. The number of anilines is 1. The molecule has 5 nitrogen and oxygen atoms in total. The summed E-state index contributed by atoms with van der Waals surface area (Å²) in [6.07, 6.45) is 7.26. The van der Waals surface area contributed by atoms with Crippen molar-refractivity contribution in [1.82, 2.24) is 15.0 Å². The molecule has 0 saturated heterocycles. The predicted octanol–water partition coefficient (Wildman–Crippen LogP) is 4.68. The summed E-state index contributed by atoms with van der Waals surface area (Å²) >= 11 is 1.70. The molecule has 0 fully saturated rings. The molecular formula is C24H26N4OS. The van der Waals surface area contributed by atoms with Crippen LogP contribution in [-0.2, 0) is 25.8 Å². The lowest BCUT2D eigenvalue weighted by Crippen LogP contribution is -2.27. The maximum atomic E-state index is 9.72. The van der Waals surface area contributed by atoms with E-state index in [2.05, 4.69) is 28.9 Å². The number of aliphatic hydroxyl groups excluding tert-OH is 1. The molecule has 0 spiro atoms. The van der Waals surface area contributed by atoms with E-state index in [4.69, 9.17) is 9.97 Å². The van der Waals surface area contributed by atoms with Crippen LogP contribution in [0.25, 0.3) is 20.4 Å². The summed E-state index contributed by atoms with van der Waals surface area (Å²) in [6, 6.07) is 10.3.